The average molecular weight is 355 g/mol. The fraction of sp³-hybridized carbons (Fsp3) is 0.200. The molecule has 1 atom stereocenters. The summed E-state index contributed by atoms with van der Waals surface area (Å²) in [7, 11) is 0. The molecule has 134 valence electrons. The van der Waals surface area contributed by atoms with E-state index in [1.807, 2.05) is 29.8 Å². The van der Waals surface area contributed by atoms with Crippen LogP contribution in [0.2, 0.25) is 0 Å². The number of amides is 1. The van der Waals surface area contributed by atoms with E-state index in [0.29, 0.717) is 24.0 Å². The molecule has 0 saturated carbocycles. The Hall–Kier alpha value is -3.02. The topological polar surface area (TPSA) is 46.9 Å². The van der Waals surface area contributed by atoms with E-state index in [1.54, 1.807) is 30.7 Å². The predicted molar refractivity (Wildman–Crippen MR) is 95.2 cm³/mol. The van der Waals surface area contributed by atoms with Crippen LogP contribution in [0.5, 0.6) is 0 Å². The van der Waals surface area contributed by atoms with Gasteiger partial charge in [-0.25, -0.2) is 13.8 Å². The van der Waals surface area contributed by atoms with Gasteiger partial charge in [-0.05, 0) is 61.7 Å². The lowest BCUT2D eigenvalue weighted by Gasteiger charge is -2.14. The molecule has 0 radical (unpaired) electrons. The zero-order valence-electron chi connectivity index (χ0n) is 14.3. The highest BCUT2D eigenvalue weighted by Crippen LogP contribution is 2.12. The van der Waals surface area contributed by atoms with E-state index >= 15 is 0 Å². The number of carbonyl (C=O) groups is 1. The second-order valence-electron chi connectivity index (χ2n) is 6.18. The second kappa shape index (κ2) is 7.91. The first-order valence-corrected chi connectivity index (χ1v) is 8.36. The first-order chi connectivity index (χ1) is 12.5. The molecule has 26 heavy (non-hydrogen) atoms. The Kier molecular flexibility index (Phi) is 5.41. The largest absolute Gasteiger partial charge is 0.350 e. The van der Waals surface area contributed by atoms with Crippen molar-refractivity contribution >= 4 is 5.91 Å². The fourth-order valence-electron chi connectivity index (χ4n) is 2.65. The molecule has 1 N–H and O–H groups in total. The molecule has 0 saturated heterocycles. The summed E-state index contributed by atoms with van der Waals surface area (Å²) in [6.45, 7) is 1.89. The van der Waals surface area contributed by atoms with Crippen molar-refractivity contribution in [3.05, 3.63) is 83.9 Å². The number of hydrogen-bond donors (Lipinski definition) is 1. The lowest BCUT2D eigenvalue weighted by molar-refractivity contribution is 0.0938. The van der Waals surface area contributed by atoms with Gasteiger partial charge in [-0.3, -0.25) is 4.79 Å². The Bertz CT molecular complexity index is 877. The van der Waals surface area contributed by atoms with Crippen molar-refractivity contribution < 1.29 is 13.6 Å². The summed E-state index contributed by atoms with van der Waals surface area (Å²) < 4.78 is 28.0. The molecular formula is C20H19F2N3O. The minimum absolute atomic E-state index is 0.0936. The maximum Gasteiger partial charge on any atom is 0.251 e. The molecule has 4 nitrogen and oxygen atoms in total. The van der Waals surface area contributed by atoms with Gasteiger partial charge in [0.25, 0.3) is 5.91 Å². The summed E-state index contributed by atoms with van der Waals surface area (Å²) in [4.78, 5) is 16.3. The Morgan fingerprint density at radius 1 is 1.15 bits per heavy atom. The number of halogens is 2. The standard InChI is InChI=1S/C20H19F2N3O/c1-14(2-3-15-4-9-18(21)19(22)12-15)24-20(26)16-5-7-17(8-6-16)25-11-10-23-13-25/h4-14H,2-3H2,1H3,(H,24,26). The third-order valence-electron chi connectivity index (χ3n) is 4.16. The number of aromatic nitrogens is 2. The molecule has 1 amide bonds. The number of imidazole rings is 1. The van der Waals surface area contributed by atoms with Crippen LogP contribution >= 0.6 is 0 Å². The van der Waals surface area contributed by atoms with Crippen molar-refractivity contribution in [3.8, 4) is 5.69 Å². The number of hydrogen-bond acceptors (Lipinski definition) is 2. The summed E-state index contributed by atoms with van der Waals surface area (Å²) in [6.07, 6.45) is 6.39. The molecule has 0 aliphatic carbocycles. The third-order valence-corrected chi connectivity index (χ3v) is 4.16. The number of aryl methyl sites for hydroxylation is 1. The van der Waals surface area contributed by atoms with Gasteiger partial charge in [-0.1, -0.05) is 6.07 Å². The van der Waals surface area contributed by atoms with Crippen LogP contribution in [-0.2, 0) is 6.42 Å². The molecule has 0 bridgehead atoms. The summed E-state index contributed by atoms with van der Waals surface area (Å²) in [5.74, 6) is -1.87. The molecule has 0 aliphatic heterocycles. The summed E-state index contributed by atoms with van der Waals surface area (Å²) in [6, 6.07) is 11.0. The van der Waals surface area contributed by atoms with Gasteiger partial charge in [0.1, 0.15) is 0 Å². The van der Waals surface area contributed by atoms with E-state index in [1.165, 1.54) is 6.07 Å². The van der Waals surface area contributed by atoms with Crippen molar-refractivity contribution in [2.45, 2.75) is 25.8 Å². The van der Waals surface area contributed by atoms with Gasteiger partial charge >= 0.3 is 0 Å². The first-order valence-electron chi connectivity index (χ1n) is 8.36. The summed E-state index contributed by atoms with van der Waals surface area (Å²) >= 11 is 0. The SMILES string of the molecule is CC(CCc1ccc(F)c(F)c1)NC(=O)c1ccc(-n2ccnc2)cc1. The van der Waals surface area contributed by atoms with Gasteiger partial charge in [-0.2, -0.15) is 0 Å². The summed E-state index contributed by atoms with van der Waals surface area (Å²) in [5.41, 5.74) is 2.19. The highest BCUT2D eigenvalue weighted by molar-refractivity contribution is 5.94. The van der Waals surface area contributed by atoms with Gasteiger partial charge in [0, 0.05) is 29.7 Å². The molecule has 1 heterocycles. The number of rotatable bonds is 6. The zero-order chi connectivity index (χ0) is 18.5. The number of nitrogens with zero attached hydrogens (tertiary/aromatic N) is 2. The van der Waals surface area contributed by atoms with Crippen molar-refractivity contribution in [1.82, 2.24) is 14.9 Å². The summed E-state index contributed by atoms with van der Waals surface area (Å²) in [5, 5.41) is 2.92. The Morgan fingerprint density at radius 2 is 1.92 bits per heavy atom. The molecule has 0 aliphatic rings. The maximum atomic E-state index is 13.2. The average Bonchev–Trinajstić information content (AvgIpc) is 3.17. The molecule has 1 unspecified atom stereocenters. The Labute approximate surface area is 150 Å². The van der Waals surface area contributed by atoms with Crippen molar-refractivity contribution in [1.29, 1.82) is 0 Å². The maximum absolute atomic E-state index is 13.2. The molecule has 3 aromatic rings. The van der Waals surface area contributed by atoms with Crippen LogP contribution < -0.4 is 5.32 Å². The van der Waals surface area contributed by atoms with E-state index in [4.69, 9.17) is 0 Å². The zero-order valence-corrected chi connectivity index (χ0v) is 14.3. The van der Waals surface area contributed by atoms with E-state index in [2.05, 4.69) is 10.3 Å². The normalized spacial score (nSPS) is 12.0. The second-order valence-corrected chi connectivity index (χ2v) is 6.18. The molecule has 3 rings (SSSR count). The Balaban J connectivity index is 1.54. The van der Waals surface area contributed by atoms with Crippen molar-refractivity contribution in [2.24, 2.45) is 0 Å². The monoisotopic (exact) mass is 355 g/mol. The van der Waals surface area contributed by atoms with Gasteiger partial charge in [-0.15, -0.1) is 0 Å². The third kappa shape index (κ3) is 4.33. The first kappa shape index (κ1) is 17.8. The highest BCUT2D eigenvalue weighted by atomic mass is 19.2. The van der Waals surface area contributed by atoms with Gasteiger partial charge in [0.05, 0.1) is 6.33 Å². The molecule has 0 spiro atoms. The van der Waals surface area contributed by atoms with Crippen LogP contribution in [0, 0.1) is 11.6 Å². The van der Waals surface area contributed by atoms with Gasteiger partial charge in [0.15, 0.2) is 11.6 Å². The quantitative estimate of drug-likeness (QED) is 0.729. The molecule has 0 fully saturated rings. The van der Waals surface area contributed by atoms with E-state index in [0.717, 1.165) is 11.8 Å². The predicted octanol–water partition coefficient (Wildman–Crippen LogP) is 3.90. The molecule has 2 aromatic carbocycles. The minimum atomic E-state index is -0.853. The van der Waals surface area contributed by atoms with E-state index in [9.17, 15) is 13.6 Å². The lowest BCUT2D eigenvalue weighted by atomic mass is 10.1. The number of nitrogens with one attached hydrogen (secondary N) is 1. The molecular weight excluding hydrogens is 336 g/mol. The highest BCUT2D eigenvalue weighted by Gasteiger charge is 2.11. The van der Waals surface area contributed by atoms with Crippen LogP contribution in [0.15, 0.2) is 61.2 Å². The van der Waals surface area contributed by atoms with Crippen molar-refractivity contribution in [3.63, 3.8) is 0 Å². The molecule has 1 aromatic heterocycles. The van der Waals surface area contributed by atoms with Gasteiger partial charge < -0.3 is 9.88 Å². The van der Waals surface area contributed by atoms with E-state index in [-0.39, 0.29) is 11.9 Å². The van der Waals surface area contributed by atoms with Gasteiger partial charge in [0.2, 0.25) is 0 Å². The lowest BCUT2D eigenvalue weighted by Crippen LogP contribution is -2.32. The molecule has 6 heteroatoms. The Morgan fingerprint density at radius 3 is 2.58 bits per heavy atom. The van der Waals surface area contributed by atoms with Crippen LogP contribution in [-0.4, -0.2) is 21.5 Å². The smallest absolute Gasteiger partial charge is 0.251 e. The minimum Gasteiger partial charge on any atom is -0.350 e. The fourth-order valence-corrected chi connectivity index (χ4v) is 2.65. The van der Waals surface area contributed by atoms with Crippen LogP contribution in [0.25, 0.3) is 5.69 Å². The van der Waals surface area contributed by atoms with Crippen LogP contribution in [0.1, 0.15) is 29.3 Å². The van der Waals surface area contributed by atoms with Crippen LogP contribution in [0.4, 0.5) is 8.78 Å². The number of benzene rings is 2. The van der Waals surface area contributed by atoms with E-state index < -0.39 is 11.6 Å². The van der Waals surface area contributed by atoms with Crippen molar-refractivity contribution in [2.75, 3.05) is 0 Å². The van der Waals surface area contributed by atoms with Crippen LogP contribution in [0.3, 0.4) is 0 Å². The number of carbonyl (C=O) groups excluding carboxylic acids is 1.